The maximum Gasteiger partial charge on any atom is 0.233 e. The summed E-state index contributed by atoms with van der Waals surface area (Å²) >= 11 is 0. The van der Waals surface area contributed by atoms with Gasteiger partial charge in [-0.2, -0.15) is 0 Å². The second kappa shape index (κ2) is 10.4. The summed E-state index contributed by atoms with van der Waals surface area (Å²) in [6, 6.07) is 0. The van der Waals surface area contributed by atoms with Crippen molar-refractivity contribution < 1.29 is 14.3 Å². The van der Waals surface area contributed by atoms with E-state index >= 15 is 0 Å². The van der Waals surface area contributed by atoms with E-state index in [9.17, 15) is 4.79 Å². The minimum Gasteiger partial charge on any atom is -0.382 e. The molecule has 0 aromatic rings. The van der Waals surface area contributed by atoms with Crippen LogP contribution in [0.25, 0.3) is 0 Å². The highest BCUT2D eigenvalue weighted by Crippen LogP contribution is 1.81. The quantitative estimate of drug-likeness (QED) is 0.491. The Bertz CT molecular complexity index is 142. The van der Waals surface area contributed by atoms with E-state index in [0.29, 0.717) is 32.9 Å². The number of hydrogen-bond acceptors (Lipinski definition) is 4. The summed E-state index contributed by atoms with van der Waals surface area (Å²) in [6.45, 7) is 2.91. The van der Waals surface area contributed by atoms with Crippen LogP contribution in [-0.2, 0) is 14.3 Å². The Balaban J connectivity index is 3.01. The number of likely N-dealkylation sites (N-methyl/N-ethyl adjacent to an activating group) is 1. The molecule has 0 aliphatic rings. The predicted molar refractivity (Wildman–Crippen MR) is 54.2 cm³/mol. The van der Waals surface area contributed by atoms with Gasteiger partial charge >= 0.3 is 0 Å². The van der Waals surface area contributed by atoms with Crippen LogP contribution < -0.4 is 10.6 Å². The summed E-state index contributed by atoms with van der Waals surface area (Å²) in [5.74, 6) is 0.0180. The largest absolute Gasteiger partial charge is 0.382 e. The summed E-state index contributed by atoms with van der Waals surface area (Å²) in [5.41, 5.74) is 0. The number of amides is 1. The highest BCUT2D eigenvalue weighted by Gasteiger charge is 1.96. The minimum absolute atomic E-state index is 0.0180. The van der Waals surface area contributed by atoms with E-state index in [2.05, 4.69) is 10.6 Å². The van der Waals surface area contributed by atoms with Crippen LogP contribution in [0.3, 0.4) is 0 Å². The second-order valence-electron chi connectivity index (χ2n) is 2.84. The van der Waals surface area contributed by atoms with Crippen molar-refractivity contribution in [2.45, 2.75) is 6.42 Å². The van der Waals surface area contributed by atoms with Gasteiger partial charge in [-0.3, -0.25) is 4.79 Å². The Morgan fingerprint density at radius 3 is 2.71 bits per heavy atom. The molecular weight excluding hydrogens is 184 g/mol. The van der Waals surface area contributed by atoms with Crippen molar-refractivity contribution in [2.75, 3.05) is 47.1 Å². The lowest BCUT2D eigenvalue weighted by Crippen LogP contribution is -2.33. The molecule has 14 heavy (non-hydrogen) atoms. The van der Waals surface area contributed by atoms with Crippen LogP contribution >= 0.6 is 0 Å². The molecule has 5 heteroatoms. The van der Waals surface area contributed by atoms with Crippen LogP contribution in [0.5, 0.6) is 0 Å². The number of methoxy groups -OCH3 is 1. The van der Waals surface area contributed by atoms with Crippen LogP contribution in [0.4, 0.5) is 0 Å². The van der Waals surface area contributed by atoms with Crippen molar-refractivity contribution in [1.82, 2.24) is 10.6 Å². The molecule has 5 nitrogen and oxygen atoms in total. The summed E-state index contributed by atoms with van der Waals surface area (Å²) < 4.78 is 10.0. The molecule has 0 aromatic carbocycles. The van der Waals surface area contributed by atoms with Gasteiger partial charge in [0.2, 0.25) is 5.91 Å². The molecule has 0 aliphatic heterocycles. The lowest BCUT2D eigenvalue weighted by molar-refractivity contribution is -0.120. The molecule has 0 aromatic heterocycles. The molecule has 84 valence electrons. The maximum atomic E-state index is 10.9. The van der Waals surface area contributed by atoms with Crippen LogP contribution in [0, 0.1) is 0 Å². The molecule has 0 saturated heterocycles. The second-order valence-corrected chi connectivity index (χ2v) is 2.84. The zero-order chi connectivity index (χ0) is 10.6. The van der Waals surface area contributed by atoms with E-state index < -0.39 is 0 Å². The molecule has 0 atom stereocenters. The number of ether oxygens (including phenoxy) is 2. The van der Waals surface area contributed by atoms with Crippen LogP contribution in [0.1, 0.15) is 6.42 Å². The Kier molecular flexibility index (Phi) is 9.95. The third-order valence-corrected chi connectivity index (χ3v) is 1.56. The molecule has 0 saturated carbocycles. The van der Waals surface area contributed by atoms with E-state index in [1.807, 2.05) is 0 Å². The fourth-order valence-corrected chi connectivity index (χ4v) is 0.869. The molecule has 0 radical (unpaired) electrons. The Hall–Kier alpha value is -0.650. The summed E-state index contributed by atoms with van der Waals surface area (Å²) in [5, 5.41) is 5.54. The number of hydrogen-bond donors (Lipinski definition) is 2. The topological polar surface area (TPSA) is 59.6 Å². The fraction of sp³-hybridized carbons (Fsp3) is 0.889. The Morgan fingerprint density at radius 1 is 1.29 bits per heavy atom. The third-order valence-electron chi connectivity index (χ3n) is 1.56. The number of nitrogens with one attached hydrogen (secondary N) is 2. The molecule has 2 N–H and O–H groups in total. The van der Waals surface area contributed by atoms with Crippen molar-refractivity contribution >= 4 is 5.91 Å². The predicted octanol–water partition coefficient (Wildman–Crippen LogP) is -0.625. The van der Waals surface area contributed by atoms with Crippen molar-refractivity contribution in [3.63, 3.8) is 0 Å². The van der Waals surface area contributed by atoms with Gasteiger partial charge < -0.3 is 20.1 Å². The van der Waals surface area contributed by atoms with Gasteiger partial charge in [-0.05, 0) is 13.5 Å². The van der Waals surface area contributed by atoms with Crippen LogP contribution in [0.15, 0.2) is 0 Å². The smallest absolute Gasteiger partial charge is 0.233 e. The normalized spacial score (nSPS) is 10.1. The zero-order valence-electron chi connectivity index (χ0n) is 8.97. The van der Waals surface area contributed by atoms with Gasteiger partial charge in [0, 0.05) is 20.3 Å². The van der Waals surface area contributed by atoms with E-state index in [0.717, 1.165) is 6.42 Å². The van der Waals surface area contributed by atoms with Gasteiger partial charge in [-0.1, -0.05) is 0 Å². The van der Waals surface area contributed by atoms with Gasteiger partial charge in [0.15, 0.2) is 0 Å². The molecule has 0 unspecified atom stereocenters. The van der Waals surface area contributed by atoms with E-state index in [4.69, 9.17) is 9.47 Å². The van der Waals surface area contributed by atoms with Gasteiger partial charge in [0.25, 0.3) is 0 Å². The van der Waals surface area contributed by atoms with Crippen molar-refractivity contribution in [1.29, 1.82) is 0 Å². The standard InChI is InChI=1S/C9H20N2O3/c1-10-8-9(12)11-4-3-5-14-7-6-13-2/h10H,3-8H2,1-2H3,(H,11,12). The molecule has 0 heterocycles. The van der Waals surface area contributed by atoms with Crippen molar-refractivity contribution in [3.05, 3.63) is 0 Å². The SMILES string of the molecule is CNCC(=O)NCCCOCCOC. The Labute approximate surface area is 85.1 Å². The van der Waals surface area contributed by atoms with E-state index in [-0.39, 0.29) is 5.91 Å². The maximum absolute atomic E-state index is 10.9. The van der Waals surface area contributed by atoms with Gasteiger partial charge in [0.1, 0.15) is 0 Å². The summed E-state index contributed by atoms with van der Waals surface area (Å²) in [6.07, 6.45) is 0.833. The van der Waals surface area contributed by atoms with Crippen molar-refractivity contribution in [3.8, 4) is 0 Å². The first-order valence-electron chi connectivity index (χ1n) is 4.79. The van der Waals surface area contributed by atoms with E-state index in [1.54, 1.807) is 14.2 Å². The Morgan fingerprint density at radius 2 is 2.07 bits per heavy atom. The average Bonchev–Trinajstić information content (AvgIpc) is 2.17. The first-order chi connectivity index (χ1) is 6.81. The molecule has 1 amide bonds. The highest BCUT2D eigenvalue weighted by atomic mass is 16.5. The summed E-state index contributed by atoms with van der Waals surface area (Å²) in [7, 11) is 3.38. The fourth-order valence-electron chi connectivity index (χ4n) is 0.869. The molecule has 0 aliphatic carbocycles. The molecule has 0 rings (SSSR count). The minimum atomic E-state index is 0.0180. The van der Waals surface area contributed by atoms with Crippen LogP contribution in [-0.4, -0.2) is 53.0 Å². The molecule has 0 bridgehead atoms. The molecular formula is C9H20N2O3. The number of carbonyl (C=O) groups is 1. The number of rotatable bonds is 9. The molecule has 0 spiro atoms. The first-order valence-corrected chi connectivity index (χ1v) is 4.79. The van der Waals surface area contributed by atoms with E-state index in [1.165, 1.54) is 0 Å². The van der Waals surface area contributed by atoms with Gasteiger partial charge in [-0.25, -0.2) is 0 Å². The van der Waals surface area contributed by atoms with Crippen LogP contribution in [0.2, 0.25) is 0 Å². The van der Waals surface area contributed by atoms with Crippen molar-refractivity contribution in [2.24, 2.45) is 0 Å². The average molecular weight is 204 g/mol. The van der Waals surface area contributed by atoms with Gasteiger partial charge in [0.05, 0.1) is 19.8 Å². The zero-order valence-corrected chi connectivity index (χ0v) is 8.97. The highest BCUT2D eigenvalue weighted by molar-refractivity contribution is 5.77. The third kappa shape index (κ3) is 9.44. The lowest BCUT2D eigenvalue weighted by Gasteiger charge is -2.05. The van der Waals surface area contributed by atoms with Gasteiger partial charge in [-0.15, -0.1) is 0 Å². The number of carbonyl (C=O) groups excluding carboxylic acids is 1. The first kappa shape index (κ1) is 13.4. The molecule has 0 fully saturated rings. The lowest BCUT2D eigenvalue weighted by atomic mass is 10.4. The summed E-state index contributed by atoms with van der Waals surface area (Å²) in [4.78, 5) is 10.9. The monoisotopic (exact) mass is 204 g/mol.